The van der Waals surface area contributed by atoms with Gasteiger partial charge in [0.15, 0.2) is 0 Å². The Kier molecular flexibility index (Phi) is 5.31. The molecule has 114 valence electrons. The SMILES string of the molecule is CC(=O)N(CCC(=O)N1CCCCC1)c1ccc(F)cc1. The fourth-order valence-corrected chi connectivity index (χ4v) is 2.60. The molecule has 0 spiro atoms. The van der Waals surface area contributed by atoms with Gasteiger partial charge in [-0.05, 0) is 43.5 Å². The van der Waals surface area contributed by atoms with Crippen molar-refractivity contribution in [3.63, 3.8) is 0 Å². The summed E-state index contributed by atoms with van der Waals surface area (Å²) in [7, 11) is 0. The van der Waals surface area contributed by atoms with Crippen LogP contribution in [-0.4, -0.2) is 36.3 Å². The molecule has 5 heteroatoms. The lowest BCUT2D eigenvalue weighted by Gasteiger charge is -2.28. The van der Waals surface area contributed by atoms with E-state index in [-0.39, 0.29) is 17.6 Å². The van der Waals surface area contributed by atoms with Crippen LogP contribution < -0.4 is 4.90 Å². The van der Waals surface area contributed by atoms with Crippen LogP contribution in [0.15, 0.2) is 24.3 Å². The fraction of sp³-hybridized carbons (Fsp3) is 0.500. The zero-order valence-electron chi connectivity index (χ0n) is 12.3. The van der Waals surface area contributed by atoms with Crippen LogP contribution in [0.1, 0.15) is 32.6 Å². The van der Waals surface area contributed by atoms with E-state index in [4.69, 9.17) is 0 Å². The predicted molar refractivity (Wildman–Crippen MR) is 79.5 cm³/mol. The quantitative estimate of drug-likeness (QED) is 0.856. The average molecular weight is 292 g/mol. The molecule has 1 aliphatic rings. The summed E-state index contributed by atoms with van der Waals surface area (Å²) in [6.07, 6.45) is 3.59. The number of nitrogens with zero attached hydrogens (tertiary/aromatic N) is 2. The van der Waals surface area contributed by atoms with Crippen LogP contribution in [0.2, 0.25) is 0 Å². The predicted octanol–water partition coefficient (Wildman–Crippen LogP) is 2.58. The highest BCUT2D eigenvalue weighted by Gasteiger charge is 2.19. The Labute approximate surface area is 124 Å². The minimum atomic E-state index is -0.341. The number of likely N-dealkylation sites (tertiary alicyclic amines) is 1. The van der Waals surface area contributed by atoms with Gasteiger partial charge >= 0.3 is 0 Å². The van der Waals surface area contributed by atoms with Gasteiger partial charge in [0, 0.05) is 38.7 Å². The molecule has 0 unspecified atom stereocenters. The van der Waals surface area contributed by atoms with Gasteiger partial charge in [-0.3, -0.25) is 9.59 Å². The molecule has 1 saturated heterocycles. The van der Waals surface area contributed by atoms with Crippen molar-refractivity contribution in [2.24, 2.45) is 0 Å². The Morgan fingerprint density at radius 1 is 1.14 bits per heavy atom. The number of halogens is 1. The Bertz CT molecular complexity index is 496. The molecule has 0 atom stereocenters. The highest BCUT2D eigenvalue weighted by molar-refractivity contribution is 5.92. The largest absolute Gasteiger partial charge is 0.343 e. The first kappa shape index (κ1) is 15.5. The third-order valence-electron chi connectivity index (χ3n) is 3.78. The standard InChI is InChI=1S/C16H21FN2O2/c1-13(20)19(15-7-5-14(17)6-8-15)12-9-16(21)18-10-3-2-4-11-18/h5-8H,2-4,9-12H2,1H3. The van der Waals surface area contributed by atoms with Crippen LogP contribution >= 0.6 is 0 Å². The van der Waals surface area contributed by atoms with Gasteiger partial charge in [-0.15, -0.1) is 0 Å². The second kappa shape index (κ2) is 7.20. The van der Waals surface area contributed by atoms with Crippen molar-refractivity contribution in [1.82, 2.24) is 4.90 Å². The number of carbonyl (C=O) groups is 2. The minimum absolute atomic E-state index is 0.0862. The van der Waals surface area contributed by atoms with Crippen molar-refractivity contribution in [1.29, 1.82) is 0 Å². The number of hydrogen-bond donors (Lipinski definition) is 0. The molecule has 1 fully saturated rings. The Morgan fingerprint density at radius 2 is 1.76 bits per heavy atom. The number of anilines is 1. The first-order chi connectivity index (χ1) is 10.1. The summed E-state index contributed by atoms with van der Waals surface area (Å²) < 4.78 is 12.9. The molecule has 4 nitrogen and oxygen atoms in total. The number of rotatable bonds is 4. The van der Waals surface area contributed by atoms with Crippen molar-refractivity contribution in [2.75, 3.05) is 24.5 Å². The number of piperidine rings is 1. The smallest absolute Gasteiger partial charge is 0.224 e. The molecule has 0 aromatic heterocycles. The summed E-state index contributed by atoms with van der Waals surface area (Å²) in [5, 5.41) is 0. The molecule has 21 heavy (non-hydrogen) atoms. The van der Waals surface area contributed by atoms with Crippen LogP contribution in [-0.2, 0) is 9.59 Å². The van der Waals surface area contributed by atoms with E-state index < -0.39 is 0 Å². The van der Waals surface area contributed by atoms with Gasteiger partial charge in [0.25, 0.3) is 0 Å². The summed E-state index contributed by atoms with van der Waals surface area (Å²) in [5.41, 5.74) is 0.621. The number of benzene rings is 1. The topological polar surface area (TPSA) is 40.6 Å². The van der Waals surface area contributed by atoms with E-state index in [9.17, 15) is 14.0 Å². The molecule has 2 rings (SSSR count). The van der Waals surface area contributed by atoms with Crippen molar-refractivity contribution < 1.29 is 14.0 Å². The van der Waals surface area contributed by atoms with E-state index in [1.807, 2.05) is 4.90 Å². The zero-order valence-corrected chi connectivity index (χ0v) is 12.3. The van der Waals surface area contributed by atoms with E-state index in [1.54, 1.807) is 12.1 Å². The summed E-state index contributed by atoms with van der Waals surface area (Å²) in [6.45, 7) is 3.41. The number of carbonyl (C=O) groups excluding carboxylic acids is 2. The maximum absolute atomic E-state index is 12.9. The van der Waals surface area contributed by atoms with E-state index >= 15 is 0 Å². The maximum atomic E-state index is 12.9. The van der Waals surface area contributed by atoms with Gasteiger partial charge in [0.1, 0.15) is 5.82 Å². The first-order valence-electron chi connectivity index (χ1n) is 7.39. The molecule has 0 saturated carbocycles. The molecule has 1 heterocycles. The monoisotopic (exact) mass is 292 g/mol. The number of hydrogen-bond acceptors (Lipinski definition) is 2. The minimum Gasteiger partial charge on any atom is -0.343 e. The van der Waals surface area contributed by atoms with E-state index in [2.05, 4.69) is 0 Å². The highest BCUT2D eigenvalue weighted by atomic mass is 19.1. The lowest BCUT2D eigenvalue weighted by Crippen LogP contribution is -2.38. The first-order valence-corrected chi connectivity index (χ1v) is 7.39. The molecule has 0 bridgehead atoms. The van der Waals surface area contributed by atoms with Crippen molar-refractivity contribution in [3.05, 3.63) is 30.1 Å². The molecular weight excluding hydrogens is 271 g/mol. The lowest BCUT2D eigenvalue weighted by molar-refractivity contribution is -0.131. The molecule has 1 aromatic rings. The highest BCUT2D eigenvalue weighted by Crippen LogP contribution is 2.16. The summed E-state index contributed by atoms with van der Waals surface area (Å²) in [6, 6.07) is 5.75. The normalized spacial score (nSPS) is 14.9. The van der Waals surface area contributed by atoms with Crippen LogP contribution in [0.25, 0.3) is 0 Å². The second-order valence-corrected chi connectivity index (χ2v) is 5.34. The molecular formula is C16H21FN2O2. The van der Waals surface area contributed by atoms with Gasteiger partial charge in [0.2, 0.25) is 11.8 Å². The van der Waals surface area contributed by atoms with Crippen molar-refractivity contribution in [2.45, 2.75) is 32.6 Å². The van der Waals surface area contributed by atoms with Crippen LogP contribution in [0.5, 0.6) is 0 Å². The van der Waals surface area contributed by atoms with Gasteiger partial charge in [-0.25, -0.2) is 4.39 Å². The summed E-state index contributed by atoms with van der Waals surface area (Å²) in [5.74, 6) is -0.400. The van der Waals surface area contributed by atoms with Crippen LogP contribution in [0, 0.1) is 5.82 Å². The van der Waals surface area contributed by atoms with E-state index in [0.717, 1.165) is 25.9 Å². The average Bonchev–Trinajstić information content (AvgIpc) is 2.49. The van der Waals surface area contributed by atoms with Crippen LogP contribution in [0.3, 0.4) is 0 Å². The zero-order chi connectivity index (χ0) is 15.2. The molecule has 2 amide bonds. The summed E-state index contributed by atoms with van der Waals surface area (Å²) >= 11 is 0. The third kappa shape index (κ3) is 4.28. The lowest BCUT2D eigenvalue weighted by atomic mass is 10.1. The Morgan fingerprint density at radius 3 is 2.33 bits per heavy atom. The second-order valence-electron chi connectivity index (χ2n) is 5.34. The maximum Gasteiger partial charge on any atom is 0.224 e. The van der Waals surface area contributed by atoms with Gasteiger partial charge < -0.3 is 9.80 Å². The van der Waals surface area contributed by atoms with Gasteiger partial charge in [-0.1, -0.05) is 0 Å². The molecule has 0 N–H and O–H groups in total. The summed E-state index contributed by atoms with van der Waals surface area (Å²) in [4.78, 5) is 27.2. The molecule has 0 aliphatic carbocycles. The van der Waals surface area contributed by atoms with Crippen molar-refractivity contribution in [3.8, 4) is 0 Å². The van der Waals surface area contributed by atoms with Crippen molar-refractivity contribution >= 4 is 17.5 Å². The third-order valence-corrected chi connectivity index (χ3v) is 3.78. The van der Waals surface area contributed by atoms with E-state index in [1.165, 1.54) is 30.4 Å². The fourth-order valence-electron chi connectivity index (χ4n) is 2.60. The molecule has 0 radical (unpaired) electrons. The van der Waals surface area contributed by atoms with Gasteiger partial charge in [0.05, 0.1) is 0 Å². The van der Waals surface area contributed by atoms with Gasteiger partial charge in [-0.2, -0.15) is 0 Å². The van der Waals surface area contributed by atoms with E-state index in [0.29, 0.717) is 18.7 Å². The molecule has 1 aliphatic heterocycles. The van der Waals surface area contributed by atoms with Crippen LogP contribution in [0.4, 0.5) is 10.1 Å². The number of amides is 2. The molecule has 1 aromatic carbocycles. The Balaban J connectivity index is 1.95. The Hall–Kier alpha value is -1.91.